The molecule has 0 fully saturated rings. The Morgan fingerprint density at radius 1 is 1.18 bits per heavy atom. The van der Waals surface area contributed by atoms with Crippen molar-refractivity contribution in [2.45, 2.75) is 6.92 Å². The molecule has 1 rings (SSSR count). The summed E-state index contributed by atoms with van der Waals surface area (Å²) in [7, 11) is 0. The summed E-state index contributed by atoms with van der Waals surface area (Å²) in [5, 5.41) is 0. The highest BCUT2D eigenvalue weighted by Gasteiger charge is 2.02. The lowest BCUT2D eigenvalue weighted by Crippen LogP contribution is -1.86. The van der Waals surface area contributed by atoms with Crippen LogP contribution in [0.2, 0.25) is 0 Å². The quantitative estimate of drug-likeness (QED) is 0.583. The van der Waals surface area contributed by atoms with Crippen LogP contribution < -0.4 is 0 Å². The van der Waals surface area contributed by atoms with Crippen LogP contribution in [0.25, 0.3) is 6.08 Å². The lowest BCUT2D eigenvalue weighted by Gasteiger charge is -1.96. The Balaban J connectivity index is 3.20. The van der Waals surface area contributed by atoms with E-state index in [1.54, 1.807) is 13.0 Å². The molecule has 2 heteroatoms. The van der Waals surface area contributed by atoms with Crippen molar-refractivity contribution in [3.8, 4) is 0 Å². The molecule has 0 aliphatic heterocycles. The first-order valence-electron chi connectivity index (χ1n) is 3.32. The summed E-state index contributed by atoms with van der Waals surface area (Å²) in [5.74, 6) is -1.05. The maximum Gasteiger partial charge on any atom is 0.133 e. The highest BCUT2D eigenvalue weighted by atomic mass is 19.1. The Bertz CT molecular complexity index is 257. The van der Waals surface area contributed by atoms with E-state index < -0.39 is 11.6 Å². The average molecular weight is 154 g/mol. The van der Waals surface area contributed by atoms with E-state index in [0.717, 1.165) is 0 Å². The molecular formula is C9H8F2. The van der Waals surface area contributed by atoms with Crippen molar-refractivity contribution >= 4 is 6.08 Å². The van der Waals surface area contributed by atoms with Crippen LogP contribution in [0, 0.1) is 11.6 Å². The van der Waals surface area contributed by atoms with Crippen LogP contribution in [0.4, 0.5) is 8.78 Å². The Labute approximate surface area is 64.2 Å². The molecule has 0 amide bonds. The molecule has 0 saturated carbocycles. The maximum absolute atomic E-state index is 12.7. The van der Waals surface area contributed by atoms with Gasteiger partial charge in [0.15, 0.2) is 0 Å². The Hall–Kier alpha value is -1.18. The third-order valence-corrected chi connectivity index (χ3v) is 1.33. The van der Waals surface area contributed by atoms with E-state index in [0.29, 0.717) is 0 Å². The molecule has 1 aromatic carbocycles. The minimum Gasteiger partial charge on any atom is -0.206 e. The van der Waals surface area contributed by atoms with Gasteiger partial charge in [-0.05, 0) is 19.1 Å². The van der Waals surface area contributed by atoms with Gasteiger partial charge in [0.25, 0.3) is 0 Å². The van der Waals surface area contributed by atoms with Crippen LogP contribution in [-0.4, -0.2) is 0 Å². The summed E-state index contributed by atoms with van der Waals surface area (Å²) in [5.41, 5.74) is 0.0231. The van der Waals surface area contributed by atoms with Crippen LogP contribution in [-0.2, 0) is 0 Å². The van der Waals surface area contributed by atoms with Gasteiger partial charge in [-0.3, -0.25) is 0 Å². The second kappa shape index (κ2) is 3.28. The molecule has 0 aliphatic carbocycles. The van der Waals surface area contributed by atoms with Gasteiger partial charge in [0.1, 0.15) is 11.6 Å². The molecular weight excluding hydrogens is 146 g/mol. The molecule has 0 atom stereocenters. The third-order valence-electron chi connectivity index (χ3n) is 1.33. The van der Waals surface area contributed by atoms with Crippen molar-refractivity contribution in [1.29, 1.82) is 0 Å². The maximum atomic E-state index is 12.7. The zero-order chi connectivity index (χ0) is 8.27. The minimum absolute atomic E-state index is 0.0231. The van der Waals surface area contributed by atoms with E-state index >= 15 is 0 Å². The SMILES string of the molecule is CC=Cc1c(F)cccc1F. The first-order valence-corrected chi connectivity index (χ1v) is 3.32. The second-order valence-electron chi connectivity index (χ2n) is 2.14. The summed E-state index contributed by atoms with van der Waals surface area (Å²) in [4.78, 5) is 0. The van der Waals surface area contributed by atoms with Gasteiger partial charge in [-0.2, -0.15) is 0 Å². The number of rotatable bonds is 1. The molecule has 0 aromatic heterocycles. The van der Waals surface area contributed by atoms with E-state index in [-0.39, 0.29) is 5.56 Å². The molecule has 0 aliphatic rings. The predicted molar refractivity (Wildman–Crippen MR) is 41.1 cm³/mol. The summed E-state index contributed by atoms with van der Waals surface area (Å²) in [6.07, 6.45) is 3.01. The van der Waals surface area contributed by atoms with Crippen LogP contribution in [0.15, 0.2) is 24.3 Å². The van der Waals surface area contributed by atoms with Gasteiger partial charge in [0.05, 0.1) is 0 Å². The van der Waals surface area contributed by atoms with Crippen molar-refractivity contribution in [1.82, 2.24) is 0 Å². The van der Waals surface area contributed by atoms with Gasteiger partial charge >= 0.3 is 0 Å². The molecule has 0 spiro atoms. The van der Waals surface area contributed by atoms with Gasteiger partial charge in [-0.25, -0.2) is 8.78 Å². The third kappa shape index (κ3) is 1.64. The number of hydrogen-bond donors (Lipinski definition) is 0. The molecule has 0 radical (unpaired) electrons. The van der Waals surface area contributed by atoms with Gasteiger partial charge in [-0.1, -0.05) is 18.2 Å². The lowest BCUT2D eigenvalue weighted by molar-refractivity contribution is 0.578. The Kier molecular flexibility index (Phi) is 2.36. The topological polar surface area (TPSA) is 0 Å². The Morgan fingerprint density at radius 2 is 1.73 bits per heavy atom. The van der Waals surface area contributed by atoms with E-state index in [1.807, 2.05) is 0 Å². The zero-order valence-corrected chi connectivity index (χ0v) is 6.14. The molecule has 58 valence electrons. The lowest BCUT2D eigenvalue weighted by atomic mass is 10.2. The molecule has 0 heterocycles. The van der Waals surface area contributed by atoms with E-state index in [2.05, 4.69) is 0 Å². The van der Waals surface area contributed by atoms with Crippen molar-refractivity contribution < 1.29 is 8.78 Å². The fourth-order valence-corrected chi connectivity index (χ4v) is 0.837. The van der Waals surface area contributed by atoms with Crippen LogP contribution in [0.5, 0.6) is 0 Å². The van der Waals surface area contributed by atoms with Crippen LogP contribution in [0.3, 0.4) is 0 Å². The first kappa shape index (κ1) is 7.92. The number of hydrogen-bond acceptors (Lipinski definition) is 0. The van der Waals surface area contributed by atoms with Crippen molar-refractivity contribution in [2.75, 3.05) is 0 Å². The summed E-state index contributed by atoms with van der Waals surface area (Å²) < 4.78 is 25.5. The monoisotopic (exact) mass is 154 g/mol. The summed E-state index contributed by atoms with van der Waals surface area (Å²) in [6.45, 7) is 1.71. The molecule has 0 bridgehead atoms. The molecule has 11 heavy (non-hydrogen) atoms. The second-order valence-corrected chi connectivity index (χ2v) is 2.14. The predicted octanol–water partition coefficient (Wildman–Crippen LogP) is 3.00. The normalized spacial score (nSPS) is 10.8. The van der Waals surface area contributed by atoms with Crippen molar-refractivity contribution in [3.05, 3.63) is 41.5 Å². The standard InChI is InChI=1S/C9H8F2/c1-2-4-7-8(10)5-3-6-9(7)11/h2-6H,1H3. The van der Waals surface area contributed by atoms with Gasteiger partial charge < -0.3 is 0 Å². The Morgan fingerprint density at radius 3 is 2.18 bits per heavy atom. The van der Waals surface area contributed by atoms with Crippen molar-refractivity contribution in [3.63, 3.8) is 0 Å². The smallest absolute Gasteiger partial charge is 0.133 e. The minimum atomic E-state index is -0.525. The summed E-state index contributed by atoms with van der Waals surface area (Å²) >= 11 is 0. The zero-order valence-electron chi connectivity index (χ0n) is 6.14. The first-order chi connectivity index (χ1) is 5.25. The van der Waals surface area contributed by atoms with Gasteiger partial charge in [0.2, 0.25) is 0 Å². The largest absolute Gasteiger partial charge is 0.206 e. The van der Waals surface area contributed by atoms with Crippen LogP contribution in [0.1, 0.15) is 12.5 Å². The number of allylic oxidation sites excluding steroid dienone is 1. The fourth-order valence-electron chi connectivity index (χ4n) is 0.837. The molecule has 0 unspecified atom stereocenters. The number of halogens is 2. The van der Waals surface area contributed by atoms with E-state index in [1.165, 1.54) is 24.3 Å². The van der Waals surface area contributed by atoms with Gasteiger partial charge in [0, 0.05) is 5.56 Å². The highest BCUT2D eigenvalue weighted by Crippen LogP contribution is 2.12. The van der Waals surface area contributed by atoms with E-state index in [4.69, 9.17) is 0 Å². The number of benzene rings is 1. The molecule has 1 aromatic rings. The highest BCUT2D eigenvalue weighted by molar-refractivity contribution is 5.50. The van der Waals surface area contributed by atoms with Gasteiger partial charge in [-0.15, -0.1) is 0 Å². The average Bonchev–Trinajstić information content (AvgIpc) is 1.97. The molecule has 0 saturated heterocycles. The van der Waals surface area contributed by atoms with Crippen LogP contribution >= 0.6 is 0 Å². The summed E-state index contributed by atoms with van der Waals surface area (Å²) in [6, 6.07) is 3.81. The fraction of sp³-hybridized carbons (Fsp3) is 0.111. The molecule has 0 N–H and O–H groups in total. The van der Waals surface area contributed by atoms with Crippen molar-refractivity contribution in [2.24, 2.45) is 0 Å². The molecule has 0 nitrogen and oxygen atoms in total. The van der Waals surface area contributed by atoms with E-state index in [9.17, 15) is 8.78 Å².